The molecule has 0 amide bonds. The standard InChI is InChI=1S/C19H20/c1-4-17-18(2,3)19(17,15-11-7-5-8-12-15)16-13-9-6-10-14-16/h4-14,17H,1H2,2-3H3. The molecule has 1 fully saturated rings. The summed E-state index contributed by atoms with van der Waals surface area (Å²) in [6.45, 7) is 8.76. The van der Waals surface area contributed by atoms with Crippen molar-refractivity contribution in [1.29, 1.82) is 0 Å². The van der Waals surface area contributed by atoms with Gasteiger partial charge in [-0.25, -0.2) is 0 Å². The predicted octanol–water partition coefficient (Wildman–Crippen LogP) is 4.81. The van der Waals surface area contributed by atoms with Crippen molar-refractivity contribution in [2.75, 3.05) is 0 Å². The molecule has 0 aliphatic heterocycles. The third-order valence-corrected chi connectivity index (χ3v) is 4.87. The highest BCUT2D eigenvalue weighted by Gasteiger charge is 2.70. The van der Waals surface area contributed by atoms with Crippen LogP contribution in [0.5, 0.6) is 0 Å². The van der Waals surface area contributed by atoms with Crippen LogP contribution in [0.2, 0.25) is 0 Å². The summed E-state index contributed by atoms with van der Waals surface area (Å²) in [5.74, 6) is 0.491. The second-order valence-electron chi connectivity index (χ2n) is 5.98. The summed E-state index contributed by atoms with van der Waals surface area (Å²) < 4.78 is 0. The maximum absolute atomic E-state index is 4.06. The first-order chi connectivity index (χ1) is 9.15. The number of hydrogen-bond acceptors (Lipinski definition) is 0. The van der Waals surface area contributed by atoms with E-state index in [0.717, 1.165) is 0 Å². The molecule has 1 aliphatic carbocycles. The van der Waals surface area contributed by atoms with E-state index < -0.39 is 0 Å². The van der Waals surface area contributed by atoms with Crippen molar-refractivity contribution in [2.24, 2.45) is 11.3 Å². The lowest BCUT2D eigenvalue weighted by Crippen LogP contribution is -2.16. The molecule has 0 N–H and O–H groups in total. The fraction of sp³-hybridized carbons (Fsp3) is 0.263. The first-order valence-electron chi connectivity index (χ1n) is 6.89. The Morgan fingerprint density at radius 1 is 0.842 bits per heavy atom. The van der Waals surface area contributed by atoms with Crippen LogP contribution in [0, 0.1) is 11.3 Å². The predicted molar refractivity (Wildman–Crippen MR) is 81.1 cm³/mol. The van der Waals surface area contributed by atoms with E-state index in [0.29, 0.717) is 5.92 Å². The lowest BCUT2D eigenvalue weighted by atomic mass is 9.81. The molecule has 1 atom stereocenters. The van der Waals surface area contributed by atoms with Gasteiger partial charge in [-0.15, -0.1) is 6.58 Å². The van der Waals surface area contributed by atoms with Gasteiger partial charge in [0.05, 0.1) is 0 Å². The Morgan fingerprint density at radius 2 is 1.26 bits per heavy atom. The van der Waals surface area contributed by atoms with Gasteiger partial charge in [0.2, 0.25) is 0 Å². The highest BCUT2D eigenvalue weighted by Crippen LogP contribution is 2.72. The Morgan fingerprint density at radius 3 is 1.58 bits per heavy atom. The fourth-order valence-corrected chi connectivity index (χ4v) is 3.95. The smallest absolute Gasteiger partial charge is 0.0327 e. The van der Waals surface area contributed by atoms with Crippen LogP contribution in [0.25, 0.3) is 0 Å². The average Bonchev–Trinajstić information content (AvgIpc) is 2.97. The van der Waals surface area contributed by atoms with Crippen molar-refractivity contribution in [3.8, 4) is 0 Å². The largest absolute Gasteiger partial charge is 0.103 e. The van der Waals surface area contributed by atoms with Gasteiger partial charge in [0.1, 0.15) is 0 Å². The van der Waals surface area contributed by atoms with Gasteiger partial charge in [-0.1, -0.05) is 80.6 Å². The van der Waals surface area contributed by atoms with E-state index in [4.69, 9.17) is 0 Å². The second kappa shape index (κ2) is 4.09. The third-order valence-electron chi connectivity index (χ3n) is 4.87. The van der Waals surface area contributed by atoms with Gasteiger partial charge in [0.15, 0.2) is 0 Å². The molecule has 0 heteroatoms. The van der Waals surface area contributed by atoms with Gasteiger partial charge in [-0.05, 0) is 22.5 Å². The monoisotopic (exact) mass is 248 g/mol. The number of benzene rings is 2. The van der Waals surface area contributed by atoms with Crippen molar-refractivity contribution < 1.29 is 0 Å². The van der Waals surface area contributed by atoms with E-state index in [-0.39, 0.29) is 10.8 Å². The zero-order chi connectivity index (χ0) is 13.5. The van der Waals surface area contributed by atoms with E-state index in [9.17, 15) is 0 Å². The second-order valence-corrected chi connectivity index (χ2v) is 5.98. The Kier molecular flexibility index (Phi) is 2.63. The molecule has 0 nitrogen and oxygen atoms in total. The van der Waals surface area contributed by atoms with Crippen LogP contribution in [0.15, 0.2) is 73.3 Å². The van der Waals surface area contributed by atoms with Crippen LogP contribution in [-0.4, -0.2) is 0 Å². The maximum Gasteiger partial charge on any atom is 0.0327 e. The van der Waals surface area contributed by atoms with Crippen molar-refractivity contribution in [3.05, 3.63) is 84.4 Å². The SMILES string of the molecule is C=CC1C(C)(C)C1(c1ccccc1)c1ccccc1. The Hall–Kier alpha value is -1.82. The third kappa shape index (κ3) is 1.46. The first-order valence-corrected chi connectivity index (χ1v) is 6.89. The van der Waals surface area contributed by atoms with Gasteiger partial charge in [-0.3, -0.25) is 0 Å². The molecule has 19 heavy (non-hydrogen) atoms. The topological polar surface area (TPSA) is 0 Å². The molecular weight excluding hydrogens is 228 g/mol. The summed E-state index contributed by atoms with van der Waals surface area (Å²) in [5.41, 5.74) is 3.10. The fourth-order valence-electron chi connectivity index (χ4n) is 3.95. The molecule has 96 valence electrons. The molecule has 1 saturated carbocycles. The highest BCUT2D eigenvalue weighted by atomic mass is 14.7. The molecular formula is C19H20. The molecule has 0 heterocycles. The van der Waals surface area contributed by atoms with Crippen molar-refractivity contribution >= 4 is 0 Å². The van der Waals surface area contributed by atoms with Crippen LogP contribution < -0.4 is 0 Å². The molecule has 0 aromatic heterocycles. The summed E-state index contributed by atoms with van der Waals surface area (Å²) in [5, 5.41) is 0. The first kappa shape index (κ1) is 12.2. The molecule has 0 saturated heterocycles. The summed E-state index contributed by atoms with van der Waals surface area (Å²) >= 11 is 0. The zero-order valence-corrected chi connectivity index (χ0v) is 11.6. The van der Waals surface area contributed by atoms with Gasteiger partial charge in [0.25, 0.3) is 0 Å². The summed E-state index contributed by atoms with van der Waals surface area (Å²) in [6, 6.07) is 21.7. The maximum atomic E-state index is 4.06. The van der Waals surface area contributed by atoms with E-state index in [1.807, 2.05) is 0 Å². The van der Waals surface area contributed by atoms with Crippen LogP contribution in [0.1, 0.15) is 25.0 Å². The van der Waals surface area contributed by atoms with Gasteiger partial charge < -0.3 is 0 Å². The normalized spacial score (nSPS) is 22.7. The average molecular weight is 248 g/mol. The lowest BCUT2D eigenvalue weighted by Gasteiger charge is -2.22. The minimum atomic E-state index is 0.0806. The van der Waals surface area contributed by atoms with Crippen LogP contribution >= 0.6 is 0 Å². The molecule has 1 aliphatic rings. The van der Waals surface area contributed by atoms with E-state index >= 15 is 0 Å². The molecule has 0 spiro atoms. The number of hydrogen-bond donors (Lipinski definition) is 0. The van der Waals surface area contributed by atoms with Crippen molar-refractivity contribution in [1.82, 2.24) is 0 Å². The zero-order valence-electron chi connectivity index (χ0n) is 11.6. The Balaban J connectivity index is 2.23. The molecule has 0 bridgehead atoms. The van der Waals surface area contributed by atoms with Crippen LogP contribution in [0.4, 0.5) is 0 Å². The molecule has 2 aromatic rings. The number of rotatable bonds is 3. The Labute approximate surface area is 115 Å². The lowest BCUT2D eigenvalue weighted by molar-refractivity contribution is 0.545. The minimum Gasteiger partial charge on any atom is -0.103 e. The highest BCUT2D eigenvalue weighted by molar-refractivity contribution is 5.53. The summed E-state index contributed by atoms with van der Waals surface area (Å²) in [7, 11) is 0. The van der Waals surface area contributed by atoms with E-state index in [1.54, 1.807) is 0 Å². The van der Waals surface area contributed by atoms with Crippen LogP contribution in [0.3, 0.4) is 0 Å². The molecule has 1 unspecified atom stereocenters. The quantitative estimate of drug-likeness (QED) is 0.683. The molecule has 0 radical (unpaired) electrons. The molecule has 2 aromatic carbocycles. The summed E-state index contributed by atoms with van der Waals surface area (Å²) in [4.78, 5) is 0. The summed E-state index contributed by atoms with van der Waals surface area (Å²) in [6.07, 6.45) is 2.12. The Bertz CT molecular complexity index is 538. The van der Waals surface area contributed by atoms with Crippen molar-refractivity contribution in [2.45, 2.75) is 19.3 Å². The van der Waals surface area contributed by atoms with Crippen LogP contribution in [-0.2, 0) is 5.41 Å². The minimum absolute atomic E-state index is 0.0806. The van der Waals surface area contributed by atoms with E-state index in [2.05, 4.69) is 87.2 Å². The van der Waals surface area contributed by atoms with Gasteiger partial charge >= 0.3 is 0 Å². The van der Waals surface area contributed by atoms with E-state index in [1.165, 1.54) is 11.1 Å². The van der Waals surface area contributed by atoms with Gasteiger partial charge in [0, 0.05) is 5.41 Å². The van der Waals surface area contributed by atoms with Crippen molar-refractivity contribution in [3.63, 3.8) is 0 Å². The molecule has 3 rings (SSSR count). The van der Waals surface area contributed by atoms with Gasteiger partial charge in [-0.2, -0.15) is 0 Å². The number of allylic oxidation sites excluding steroid dienone is 1.